The first-order valence-electron chi connectivity index (χ1n) is 7.87. The average Bonchev–Trinajstić information content (AvgIpc) is 3.08. The van der Waals surface area contributed by atoms with Gasteiger partial charge in [0.1, 0.15) is 5.75 Å². The number of carbonyl (C=O) groups excluding carboxylic acids is 1. The summed E-state index contributed by atoms with van der Waals surface area (Å²) in [5.74, 6) is 0.816. The van der Waals surface area contributed by atoms with Crippen molar-refractivity contribution in [1.29, 1.82) is 0 Å². The Hall–Kier alpha value is -3.55. The summed E-state index contributed by atoms with van der Waals surface area (Å²) in [4.78, 5) is 22.9. The van der Waals surface area contributed by atoms with E-state index in [1.54, 1.807) is 24.3 Å². The molecule has 0 atom stereocenters. The highest BCUT2D eigenvalue weighted by Gasteiger charge is 2.22. The van der Waals surface area contributed by atoms with Crippen LogP contribution in [0.25, 0.3) is 6.08 Å². The van der Waals surface area contributed by atoms with Gasteiger partial charge in [0.2, 0.25) is 12.7 Å². The number of nitrogens with zero attached hydrogens (tertiary/aromatic N) is 1. The number of rotatable bonds is 6. The SMILES string of the molecule is CCOc1ccccc1NC(=O)/C=C/c1cc2c(cc1[N+](=O)[O-])OCO2. The van der Waals surface area contributed by atoms with E-state index in [2.05, 4.69) is 5.32 Å². The van der Waals surface area contributed by atoms with Crippen molar-refractivity contribution in [2.75, 3.05) is 18.7 Å². The molecular weight excluding hydrogens is 340 g/mol. The van der Waals surface area contributed by atoms with Crippen LogP contribution in [0.1, 0.15) is 12.5 Å². The molecule has 0 unspecified atom stereocenters. The first kappa shape index (κ1) is 17.3. The maximum Gasteiger partial charge on any atom is 0.280 e. The Labute approximate surface area is 149 Å². The number of nitro groups is 1. The fraction of sp³-hybridized carbons (Fsp3) is 0.167. The van der Waals surface area contributed by atoms with Gasteiger partial charge in [-0.25, -0.2) is 0 Å². The van der Waals surface area contributed by atoms with Crippen LogP contribution in [-0.4, -0.2) is 24.2 Å². The minimum Gasteiger partial charge on any atom is -0.492 e. The number of ether oxygens (including phenoxy) is 3. The number of nitro benzene ring substituents is 1. The first-order chi connectivity index (χ1) is 12.6. The lowest BCUT2D eigenvalue weighted by atomic mass is 10.1. The molecule has 0 aromatic heterocycles. The van der Waals surface area contributed by atoms with Gasteiger partial charge < -0.3 is 19.5 Å². The largest absolute Gasteiger partial charge is 0.492 e. The lowest BCUT2D eigenvalue weighted by molar-refractivity contribution is -0.385. The van der Waals surface area contributed by atoms with Gasteiger partial charge in [0.15, 0.2) is 11.5 Å². The molecule has 0 bridgehead atoms. The molecule has 0 saturated heterocycles. The van der Waals surface area contributed by atoms with Gasteiger partial charge in [0.05, 0.1) is 28.8 Å². The van der Waals surface area contributed by atoms with Crippen LogP contribution in [-0.2, 0) is 4.79 Å². The Morgan fingerprint density at radius 3 is 2.77 bits per heavy atom. The van der Waals surface area contributed by atoms with Gasteiger partial charge >= 0.3 is 0 Å². The lowest BCUT2D eigenvalue weighted by Gasteiger charge is -2.09. The minimum absolute atomic E-state index is 0.00829. The third kappa shape index (κ3) is 3.75. The standard InChI is InChI=1S/C18H16N2O6/c1-2-24-15-6-4-3-5-13(15)19-18(21)8-7-12-9-16-17(26-11-25-16)10-14(12)20(22)23/h3-10H,2,11H2,1H3,(H,19,21)/b8-7+. The maximum absolute atomic E-state index is 12.2. The summed E-state index contributed by atoms with van der Waals surface area (Å²) in [6.45, 7) is 2.32. The fourth-order valence-electron chi connectivity index (χ4n) is 2.43. The van der Waals surface area contributed by atoms with Gasteiger partial charge in [-0.3, -0.25) is 14.9 Å². The number of para-hydroxylation sites is 2. The molecule has 3 rings (SSSR count). The van der Waals surface area contributed by atoms with Crippen LogP contribution < -0.4 is 19.5 Å². The average molecular weight is 356 g/mol. The van der Waals surface area contributed by atoms with Crippen molar-refractivity contribution >= 4 is 23.4 Å². The Kier molecular flexibility index (Phi) is 5.02. The molecule has 0 spiro atoms. The number of nitrogens with one attached hydrogen (secondary N) is 1. The van der Waals surface area contributed by atoms with E-state index in [0.29, 0.717) is 29.5 Å². The van der Waals surface area contributed by atoms with Crippen LogP contribution in [0.2, 0.25) is 0 Å². The van der Waals surface area contributed by atoms with Crippen LogP contribution in [0, 0.1) is 10.1 Å². The van der Waals surface area contributed by atoms with Crippen molar-refractivity contribution in [3.63, 3.8) is 0 Å². The summed E-state index contributed by atoms with van der Waals surface area (Å²) >= 11 is 0. The van der Waals surface area contributed by atoms with E-state index < -0.39 is 10.8 Å². The van der Waals surface area contributed by atoms with E-state index in [9.17, 15) is 14.9 Å². The minimum atomic E-state index is -0.538. The first-order valence-corrected chi connectivity index (χ1v) is 7.87. The van der Waals surface area contributed by atoms with E-state index in [1.807, 2.05) is 6.92 Å². The second-order valence-electron chi connectivity index (χ2n) is 5.27. The molecule has 0 radical (unpaired) electrons. The summed E-state index contributed by atoms with van der Waals surface area (Å²) in [7, 11) is 0. The topological polar surface area (TPSA) is 99.9 Å². The van der Waals surface area contributed by atoms with Gasteiger partial charge in [-0.05, 0) is 31.2 Å². The number of fused-ring (bicyclic) bond motifs is 1. The van der Waals surface area contributed by atoms with Crippen molar-refractivity contribution < 1.29 is 23.9 Å². The molecule has 1 aliphatic rings. The fourth-order valence-corrected chi connectivity index (χ4v) is 2.43. The van der Waals surface area contributed by atoms with Crippen molar-refractivity contribution in [2.45, 2.75) is 6.92 Å². The molecule has 0 fully saturated rings. The third-order valence-electron chi connectivity index (χ3n) is 3.58. The number of benzene rings is 2. The zero-order valence-corrected chi connectivity index (χ0v) is 13.9. The molecule has 0 saturated carbocycles. The van der Waals surface area contributed by atoms with E-state index in [-0.39, 0.29) is 18.0 Å². The molecule has 1 amide bonds. The molecule has 8 nitrogen and oxygen atoms in total. The van der Waals surface area contributed by atoms with E-state index in [4.69, 9.17) is 14.2 Å². The van der Waals surface area contributed by atoms with Crippen molar-refractivity contribution in [1.82, 2.24) is 0 Å². The Morgan fingerprint density at radius 2 is 2.04 bits per heavy atom. The molecule has 2 aromatic carbocycles. The van der Waals surface area contributed by atoms with E-state index >= 15 is 0 Å². The van der Waals surface area contributed by atoms with Gasteiger partial charge in [-0.2, -0.15) is 0 Å². The number of hydrogen-bond acceptors (Lipinski definition) is 6. The predicted molar refractivity (Wildman–Crippen MR) is 94.5 cm³/mol. The lowest BCUT2D eigenvalue weighted by Crippen LogP contribution is -2.09. The van der Waals surface area contributed by atoms with Crippen LogP contribution in [0.4, 0.5) is 11.4 Å². The Balaban J connectivity index is 1.80. The summed E-state index contributed by atoms with van der Waals surface area (Å²) in [5, 5.41) is 13.9. The molecule has 2 aromatic rings. The molecule has 8 heteroatoms. The van der Waals surface area contributed by atoms with Crippen molar-refractivity contribution in [2.24, 2.45) is 0 Å². The molecule has 0 aliphatic carbocycles. The monoisotopic (exact) mass is 356 g/mol. The Bertz CT molecular complexity index is 878. The summed E-state index contributed by atoms with van der Waals surface area (Å²) in [5.41, 5.74) is 0.588. The van der Waals surface area contributed by atoms with Gasteiger partial charge in [0.25, 0.3) is 5.69 Å². The van der Waals surface area contributed by atoms with Crippen molar-refractivity contribution in [3.05, 3.63) is 58.2 Å². The van der Waals surface area contributed by atoms with Crippen LogP contribution in [0.5, 0.6) is 17.2 Å². The number of anilines is 1. The van der Waals surface area contributed by atoms with E-state index in [0.717, 1.165) is 0 Å². The molecular formula is C18H16N2O6. The normalized spacial score (nSPS) is 12.2. The molecule has 26 heavy (non-hydrogen) atoms. The molecule has 1 N–H and O–H groups in total. The van der Waals surface area contributed by atoms with Crippen LogP contribution in [0.15, 0.2) is 42.5 Å². The highest BCUT2D eigenvalue weighted by Crippen LogP contribution is 2.38. The number of carbonyl (C=O) groups is 1. The van der Waals surface area contributed by atoms with Gasteiger partial charge in [-0.1, -0.05) is 12.1 Å². The zero-order chi connectivity index (χ0) is 18.5. The summed E-state index contributed by atoms with van der Waals surface area (Å²) in [6, 6.07) is 9.77. The van der Waals surface area contributed by atoms with Gasteiger partial charge in [-0.15, -0.1) is 0 Å². The summed E-state index contributed by atoms with van der Waals surface area (Å²) < 4.78 is 15.8. The third-order valence-corrected chi connectivity index (χ3v) is 3.58. The Morgan fingerprint density at radius 1 is 1.31 bits per heavy atom. The van der Waals surface area contributed by atoms with Crippen LogP contribution >= 0.6 is 0 Å². The molecule has 1 aliphatic heterocycles. The maximum atomic E-state index is 12.2. The number of hydrogen-bond donors (Lipinski definition) is 1. The van der Waals surface area contributed by atoms with Crippen LogP contribution in [0.3, 0.4) is 0 Å². The second kappa shape index (κ2) is 7.56. The highest BCUT2D eigenvalue weighted by molar-refractivity contribution is 6.03. The molecule has 134 valence electrons. The van der Waals surface area contributed by atoms with E-state index in [1.165, 1.54) is 24.3 Å². The smallest absolute Gasteiger partial charge is 0.280 e. The quantitative estimate of drug-likeness (QED) is 0.484. The highest BCUT2D eigenvalue weighted by atomic mass is 16.7. The van der Waals surface area contributed by atoms with Crippen molar-refractivity contribution in [3.8, 4) is 17.2 Å². The van der Waals surface area contributed by atoms with Gasteiger partial charge in [0, 0.05) is 6.08 Å². The predicted octanol–water partition coefficient (Wildman–Crippen LogP) is 3.37. The molecule has 1 heterocycles. The summed E-state index contributed by atoms with van der Waals surface area (Å²) in [6.07, 6.45) is 2.58. The number of amides is 1. The zero-order valence-electron chi connectivity index (χ0n) is 13.9. The second-order valence-corrected chi connectivity index (χ2v) is 5.27.